The van der Waals surface area contributed by atoms with Crippen molar-refractivity contribution < 1.29 is 19.4 Å². The van der Waals surface area contributed by atoms with Gasteiger partial charge >= 0.3 is 5.97 Å². The molecule has 0 aliphatic rings. The molecule has 126 valence electrons. The summed E-state index contributed by atoms with van der Waals surface area (Å²) in [5.74, 6) is -0.797. The maximum atomic E-state index is 12.3. The number of rotatable bonds is 6. The maximum absolute atomic E-state index is 12.3. The molecule has 0 saturated carbocycles. The summed E-state index contributed by atoms with van der Waals surface area (Å²) in [4.78, 5) is 27.1. The number of carboxylic acids is 1. The Labute approximate surface area is 140 Å². The number of carboxylic acid groups (broad SMARTS) is 1. The number of carbonyl (C=O) groups excluding carboxylic acids is 1. The molecule has 6 nitrogen and oxygen atoms in total. The molecule has 1 aromatic heterocycles. The number of nitrogens with zero attached hydrogens (tertiary/aromatic N) is 1. The second-order valence-corrected chi connectivity index (χ2v) is 6.08. The second-order valence-electron chi connectivity index (χ2n) is 6.08. The summed E-state index contributed by atoms with van der Waals surface area (Å²) >= 11 is 0. The highest BCUT2D eigenvalue weighted by molar-refractivity contribution is 5.94. The van der Waals surface area contributed by atoms with E-state index in [9.17, 15) is 9.59 Å². The number of nitrogens with one attached hydrogen (secondary N) is 1. The zero-order chi connectivity index (χ0) is 17.7. The van der Waals surface area contributed by atoms with Crippen LogP contribution < -0.4 is 10.1 Å². The van der Waals surface area contributed by atoms with E-state index in [2.05, 4.69) is 10.3 Å². The Hall–Kier alpha value is -2.89. The lowest BCUT2D eigenvalue weighted by atomic mass is 9.94. The van der Waals surface area contributed by atoms with Crippen molar-refractivity contribution in [3.63, 3.8) is 0 Å². The Morgan fingerprint density at radius 1 is 1.12 bits per heavy atom. The molecule has 6 heteroatoms. The minimum Gasteiger partial charge on any atom is -0.497 e. The normalized spacial score (nSPS) is 11.0. The summed E-state index contributed by atoms with van der Waals surface area (Å²) in [6, 6.07) is 12.0. The highest BCUT2D eigenvalue weighted by Crippen LogP contribution is 2.17. The van der Waals surface area contributed by atoms with Crippen LogP contribution in [0.5, 0.6) is 5.75 Å². The van der Waals surface area contributed by atoms with Crippen LogP contribution in [0.1, 0.15) is 40.4 Å². The summed E-state index contributed by atoms with van der Waals surface area (Å²) in [6.45, 7) is 3.80. The van der Waals surface area contributed by atoms with Crippen molar-refractivity contribution in [2.24, 2.45) is 0 Å². The number of ether oxygens (including phenoxy) is 1. The number of amides is 1. The van der Waals surface area contributed by atoms with Crippen LogP contribution in [0.4, 0.5) is 0 Å². The molecular weight excluding hydrogens is 308 g/mol. The third kappa shape index (κ3) is 4.55. The minimum absolute atomic E-state index is 0.0812. The van der Waals surface area contributed by atoms with Gasteiger partial charge in [0.1, 0.15) is 17.1 Å². The number of aromatic carboxylic acids is 1. The van der Waals surface area contributed by atoms with Crippen molar-refractivity contribution >= 4 is 11.9 Å². The Bertz CT molecular complexity index is 739. The molecule has 0 aliphatic heterocycles. The smallest absolute Gasteiger partial charge is 0.354 e. The molecule has 0 spiro atoms. The zero-order valence-corrected chi connectivity index (χ0v) is 13.9. The van der Waals surface area contributed by atoms with Gasteiger partial charge < -0.3 is 15.2 Å². The van der Waals surface area contributed by atoms with E-state index in [1.165, 1.54) is 18.2 Å². The number of benzene rings is 1. The van der Waals surface area contributed by atoms with Crippen molar-refractivity contribution in [2.45, 2.75) is 25.8 Å². The van der Waals surface area contributed by atoms with Crippen molar-refractivity contribution in [2.75, 3.05) is 7.11 Å². The van der Waals surface area contributed by atoms with Crippen LogP contribution >= 0.6 is 0 Å². The van der Waals surface area contributed by atoms with Crippen molar-refractivity contribution in [3.05, 3.63) is 59.4 Å². The predicted molar refractivity (Wildman–Crippen MR) is 89.4 cm³/mol. The number of hydrogen-bond donors (Lipinski definition) is 2. The first kappa shape index (κ1) is 17.5. The largest absolute Gasteiger partial charge is 0.497 e. The molecule has 1 aromatic carbocycles. The number of carbonyl (C=O) groups is 2. The van der Waals surface area contributed by atoms with E-state index in [0.29, 0.717) is 6.42 Å². The van der Waals surface area contributed by atoms with E-state index in [1.807, 2.05) is 38.1 Å². The molecule has 1 amide bonds. The molecule has 0 radical (unpaired) electrons. The highest BCUT2D eigenvalue weighted by Gasteiger charge is 2.23. The molecule has 0 saturated heterocycles. The van der Waals surface area contributed by atoms with Crippen LogP contribution in [-0.2, 0) is 6.42 Å². The van der Waals surface area contributed by atoms with Crippen LogP contribution in [0.15, 0.2) is 42.5 Å². The average Bonchev–Trinajstić information content (AvgIpc) is 2.54. The molecule has 2 aromatic rings. The fraction of sp³-hybridized carbons (Fsp3) is 0.278. The van der Waals surface area contributed by atoms with E-state index < -0.39 is 17.4 Å². The van der Waals surface area contributed by atoms with Gasteiger partial charge in [0.2, 0.25) is 0 Å². The molecule has 2 N–H and O–H groups in total. The monoisotopic (exact) mass is 328 g/mol. The van der Waals surface area contributed by atoms with Crippen LogP contribution in [0, 0.1) is 0 Å². The number of aromatic nitrogens is 1. The van der Waals surface area contributed by atoms with Gasteiger partial charge in [-0.3, -0.25) is 4.79 Å². The van der Waals surface area contributed by atoms with Crippen molar-refractivity contribution in [3.8, 4) is 5.75 Å². The van der Waals surface area contributed by atoms with Crippen LogP contribution in [0.3, 0.4) is 0 Å². The summed E-state index contributed by atoms with van der Waals surface area (Å²) < 4.78 is 5.13. The molecular formula is C18H20N2O4. The number of hydrogen-bond acceptors (Lipinski definition) is 4. The van der Waals surface area contributed by atoms with Gasteiger partial charge in [0.15, 0.2) is 0 Å². The molecule has 0 bridgehead atoms. The van der Waals surface area contributed by atoms with Gasteiger partial charge in [0, 0.05) is 5.54 Å². The topological polar surface area (TPSA) is 88.5 Å². The van der Waals surface area contributed by atoms with Crippen LogP contribution in [0.25, 0.3) is 0 Å². The molecule has 24 heavy (non-hydrogen) atoms. The number of methoxy groups -OCH3 is 1. The lowest BCUT2D eigenvalue weighted by Crippen LogP contribution is -2.45. The molecule has 2 rings (SSSR count). The van der Waals surface area contributed by atoms with Crippen molar-refractivity contribution in [1.29, 1.82) is 0 Å². The van der Waals surface area contributed by atoms with E-state index >= 15 is 0 Å². The number of pyridine rings is 1. The van der Waals surface area contributed by atoms with Gasteiger partial charge in [-0.2, -0.15) is 0 Å². The summed E-state index contributed by atoms with van der Waals surface area (Å²) in [6.07, 6.45) is 0.612. The van der Waals surface area contributed by atoms with Gasteiger partial charge in [-0.1, -0.05) is 18.2 Å². The van der Waals surface area contributed by atoms with E-state index in [1.54, 1.807) is 7.11 Å². The predicted octanol–water partition coefficient (Wildman–Crippen LogP) is 2.54. The lowest BCUT2D eigenvalue weighted by Gasteiger charge is -2.26. The fourth-order valence-electron chi connectivity index (χ4n) is 2.35. The SMILES string of the molecule is COc1ccc(CC(C)(C)NC(=O)c2cccc(C(=O)O)n2)cc1. The van der Waals surface area contributed by atoms with Gasteiger partial charge in [-0.15, -0.1) is 0 Å². The Balaban J connectivity index is 2.08. The molecule has 0 unspecified atom stereocenters. The van der Waals surface area contributed by atoms with Gasteiger partial charge in [-0.05, 0) is 50.1 Å². The fourth-order valence-corrected chi connectivity index (χ4v) is 2.35. The van der Waals surface area contributed by atoms with Gasteiger partial charge in [0.05, 0.1) is 7.11 Å². The second kappa shape index (κ2) is 7.12. The summed E-state index contributed by atoms with van der Waals surface area (Å²) in [5.41, 5.74) is 0.453. The summed E-state index contributed by atoms with van der Waals surface area (Å²) in [5, 5.41) is 11.8. The molecule has 0 aliphatic carbocycles. The lowest BCUT2D eigenvalue weighted by molar-refractivity contribution is 0.0690. The summed E-state index contributed by atoms with van der Waals surface area (Å²) in [7, 11) is 1.61. The molecule has 0 atom stereocenters. The minimum atomic E-state index is -1.16. The Morgan fingerprint density at radius 3 is 2.33 bits per heavy atom. The maximum Gasteiger partial charge on any atom is 0.354 e. The van der Waals surface area contributed by atoms with Crippen LogP contribution in [-0.4, -0.2) is 34.6 Å². The van der Waals surface area contributed by atoms with Gasteiger partial charge in [0.25, 0.3) is 5.91 Å². The molecule has 0 fully saturated rings. The zero-order valence-electron chi connectivity index (χ0n) is 13.9. The first-order valence-corrected chi connectivity index (χ1v) is 7.46. The van der Waals surface area contributed by atoms with Crippen molar-refractivity contribution in [1.82, 2.24) is 10.3 Å². The Kier molecular flexibility index (Phi) is 5.18. The first-order chi connectivity index (χ1) is 11.3. The van der Waals surface area contributed by atoms with Crippen LogP contribution in [0.2, 0.25) is 0 Å². The standard InChI is InChI=1S/C18H20N2O4/c1-18(2,11-12-7-9-13(24-3)10-8-12)20-16(21)14-5-4-6-15(19-14)17(22)23/h4-10H,11H2,1-3H3,(H,20,21)(H,22,23). The third-order valence-corrected chi connectivity index (χ3v) is 3.46. The van der Waals surface area contributed by atoms with E-state index in [4.69, 9.17) is 9.84 Å². The highest BCUT2D eigenvalue weighted by atomic mass is 16.5. The quantitative estimate of drug-likeness (QED) is 0.851. The van der Waals surface area contributed by atoms with Gasteiger partial charge in [-0.25, -0.2) is 9.78 Å². The van der Waals surface area contributed by atoms with E-state index in [0.717, 1.165) is 11.3 Å². The Morgan fingerprint density at radius 2 is 1.75 bits per heavy atom. The first-order valence-electron chi connectivity index (χ1n) is 7.46. The third-order valence-electron chi connectivity index (χ3n) is 3.46. The van der Waals surface area contributed by atoms with E-state index in [-0.39, 0.29) is 11.4 Å². The average molecular weight is 328 g/mol. The molecule has 1 heterocycles.